The third-order valence-corrected chi connectivity index (χ3v) is 8.09. The van der Waals surface area contributed by atoms with Gasteiger partial charge in [-0.1, -0.05) is 18.2 Å². The summed E-state index contributed by atoms with van der Waals surface area (Å²) in [5.41, 5.74) is 2.33. The van der Waals surface area contributed by atoms with Gasteiger partial charge in [-0.25, -0.2) is 13.4 Å². The van der Waals surface area contributed by atoms with Crippen molar-refractivity contribution in [2.45, 2.75) is 24.2 Å². The molecule has 0 radical (unpaired) electrons. The summed E-state index contributed by atoms with van der Waals surface area (Å²) in [6.07, 6.45) is 4.57. The number of amides is 1. The predicted octanol–water partition coefficient (Wildman–Crippen LogP) is 3.69. The maximum atomic E-state index is 13.4. The summed E-state index contributed by atoms with van der Waals surface area (Å²) in [5.74, 6) is 0.707. The minimum atomic E-state index is -3.84. The molecule has 1 N–H and O–H groups in total. The topological polar surface area (TPSA) is 91.8 Å². The number of hydrogen-bond acceptors (Lipinski definition) is 6. The van der Waals surface area contributed by atoms with E-state index in [0.29, 0.717) is 30.1 Å². The Morgan fingerprint density at radius 1 is 1.03 bits per heavy atom. The van der Waals surface area contributed by atoms with Gasteiger partial charge in [-0.3, -0.25) is 9.10 Å². The van der Waals surface area contributed by atoms with Gasteiger partial charge in [-0.15, -0.1) is 0 Å². The van der Waals surface area contributed by atoms with E-state index in [1.54, 1.807) is 18.3 Å². The SMILES string of the molecule is COc1ccc(S(=O)(=O)N2CCc3ccccc32)cc1C(=O)Nc1ccc(N2CCCC2)nc1. The number of hydrogen-bond donors (Lipinski definition) is 1. The van der Waals surface area contributed by atoms with Gasteiger partial charge in [0.15, 0.2) is 0 Å². The van der Waals surface area contributed by atoms with Crippen LogP contribution in [-0.4, -0.2) is 46.1 Å². The molecular weight excluding hydrogens is 452 g/mol. The van der Waals surface area contributed by atoms with Crippen molar-refractivity contribution < 1.29 is 17.9 Å². The molecule has 1 aromatic heterocycles. The number of rotatable bonds is 6. The fourth-order valence-corrected chi connectivity index (χ4v) is 6.03. The van der Waals surface area contributed by atoms with Crippen LogP contribution in [0, 0.1) is 0 Å². The van der Waals surface area contributed by atoms with Gasteiger partial charge >= 0.3 is 0 Å². The number of ether oxygens (including phenoxy) is 1. The minimum Gasteiger partial charge on any atom is -0.496 e. The van der Waals surface area contributed by atoms with E-state index in [0.717, 1.165) is 37.3 Å². The zero-order valence-corrected chi connectivity index (χ0v) is 19.7. The van der Waals surface area contributed by atoms with Gasteiger partial charge in [-0.2, -0.15) is 0 Å². The van der Waals surface area contributed by atoms with Crippen molar-refractivity contribution in [3.63, 3.8) is 0 Å². The van der Waals surface area contributed by atoms with Crippen molar-refractivity contribution in [2.24, 2.45) is 0 Å². The number of aromatic nitrogens is 1. The number of carbonyl (C=O) groups excluding carboxylic acids is 1. The largest absolute Gasteiger partial charge is 0.496 e. The van der Waals surface area contributed by atoms with Crippen LogP contribution in [0.2, 0.25) is 0 Å². The van der Waals surface area contributed by atoms with E-state index in [2.05, 4.69) is 15.2 Å². The molecule has 2 aromatic carbocycles. The molecule has 0 aliphatic carbocycles. The second-order valence-corrected chi connectivity index (χ2v) is 10.2. The lowest BCUT2D eigenvalue weighted by molar-refractivity contribution is 0.102. The second-order valence-electron chi connectivity index (χ2n) is 8.37. The second kappa shape index (κ2) is 8.98. The Kier molecular flexibility index (Phi) is 5.87. The highest BCUT2D eigenvalue weighted by atomic mass is 32.2. The maximum Gasteiger partial charge on any atom is 0.264 e. The Morgan fingerprint density at radius 3 is 2.56 bits per heavy atom. The molecule has 9 heteroatoms. The number of nitrogens with one attached hydrogen (secondary N) is 1. The van der Waals surface area contributed by atoms with E-state index in [-0.39, 0.29) is 10.5 Å². The number of carbonyl (C=O) groups is 1. The van der Waals surface area contributed by atoms with Crippen LogP contribution in [0.25, 0.3) is 0 Å². The summed E-state index contributed by atoms with van der Waals surface area (Å²) in [5, 5.41) is 2.81. The van der Waals surface area contributed by atoms with Crippen molar-refractivity contribution in [1.82, 2.24) is 4.98 Å². The number of benzene rings is 2. The standard InChI is InChI=1S/C25H26N4O4S/c1-33-23-10-9-20(34(31,32)29-15-12-18-6-2-3-7-22(18)29)16-21(23)25(30)27-19-8-11-24(26-17-19)28-13-4-5-14-28/h2-3,6-11,16-17H,4-5,12-15H2,1H3,(H,27,30). The Balaban J connectivity index is 1.40. The van der Waals surface area contributed by atoms with E-state index < -0.39 is 15.9 Å². The average Bonchev–Trinajstić information content (AvgIpc) is 3.55. The number of anilines is 3. The predicted molar refractivity (Wildman–Crippen MR) is 131 cm³/mol. The van der Waals surface area contributed by atoms with Crippen LogP contribution in [0.5, 0.6) is 5.75 Å². The number of nitrogens with zero attached hydrogens (tertiary/aromatic N) is 3. The van der Waals surface area contributed by atoms with Crippen LogP contribution >= 0.6 is 0 Å². The number of para-hydroxylation sites is 1. The first-order chi connectivity index (χ1) is 16.5. The average molecular weight is 479 g/mol. The summed E-state index contributed by atoms with van der Waals surface area (Å²) < 4.78 is 33.6. The normalized spacial score (nSPS) is 15.3. The molecule has 0 atom stereocenters. The molecule has 0 spiro atoms. The first-order valence-electron chi connectivity index (χ1n) is 11.3. The van der Waals surface area contributed by atoms with Crippen LogP contribution in [0.4, 0.5) is 17.2 Å². The van der Waals surface area contributed by atoms with Crippen LogP contribution in [-0.2, 0) is 16.4 Å². The van der Waals surface area contributed by atoms with Crippen LogP contribution in [0.3, 0.4) is 0 Å². The van der Waals surface area contributed by atoms with E-state index >= 15 is 0 Å². The van der Waals surface area contributed by atoms with Crippen molar-refractivity contribution in [2.75, 3.05) is 41.3 Å². The number of sulfonamides is 1. The molecule has 3 aromatic rings. The Bertz CT molecular complexity index is 1320. The number of fused-ring (bicyclic) bond motifs is 1. The first-order valence-corrected chi connectivity index (χ1v) is 12.7. The summed E-state index contributed by atoms with van der Waals surface area (Å²) in [4.78, 5) is 19.8. The van der Waals surface area contributed by atoms with Gasteiger partial charge in [0, 0.05) is 19.6 Å². The molecule has 5 rings (SSSR count). The molecular formula is C25H26N4O4S. The van der Waals surface area contributed by atoms with Crippen LogP contribution in [0.1, 0.15) is 28.8 Å². The Morgan fingerprint density at radius 2 is 1.82 bits per heavy atom. The maximum absolute atomic E-state index is 13.4. The van der Waals surface area contributed by atoms with Crippen LogP contribution < -0.4 is 19.3 Å². The lowest BCUT2D eigenvalue weighted by Crippen LogP contribution is -2.29. The molecule has 8 nitrogen and oxygen atoms in total. The first kappa shape index (κ1) is 22.2. The fraction of sp³-hybridized carbons (Fsp3) is 0.280. The summed E-state index contributed by atoms with van der Waals surface area (Å²) >= 11 is 0. The molecule has 34 heavy (non-hydrogen) atoms. The van der Waals surface area contributed by atoms with E-state index in [9.17, 15) is 13.2 Å². The molecule has 0 saturated carbocycles. The zero-order chi connectivity index (χ0) is 23.7. The molecule has 1 fully saturated rings. The molecule has 176 valence electrons. The van der Waals surface area contributed by atoms with Gasteiger partial charge < -0.3 is 15.0 Å². The summed E-state index contributed by atoms with van der Waals surface area (Å²) in [6.45, 7) is 2.33. The number of pyridine rings is 1. The van der Waals surface area contributed by atoms with Crippen molar-refractivity contribution in [3.05, 3.63) is 71.9 Å². The lowest BCUT2D eigenvalue weighted by Gasteiger charge is -2.20. The van der Waals surface area contributed by atoms with Crippen molar-refractivity contribution in [3.8, 4) is 5.75 Å². The molecule has 1 saturated heterocycles. The number of methoxy groups -OCH3 is 1. The molecule has 0 unspecified atom stereocenters. The minimum absolute atomic E-state index is 0.0395. The van der Waals surface area contributed by atoms with Gasteiger partial charge in [0.1, 0.15) is 11.6 Å². The lowest BCUT2D eigenvalue weighted by atomic mass is 10.2. The molecule has 2 aliphatic rings. The third kappa shape index (κ3) is 4.07. The van der Waals surface area contributed by atoms with E-state index in [4.69, 9.17) is 4.74 Å². The molecule has 0 bridgehead atoms. The molecule has 3 heterocycles. The zero-order valence-electron chi connectivity index (χ0n) is 18.9. The van der Waals surface area contributed by atoms with Gasteiger partial charge in [0.05, 0.1) is 35.1 Å². The van der Waals surface area contributed by atoms with Gasteiger partial charge in [0.25, 0.3) is 15.9 Å². The highest BCUT2D eigenvalue weighted by Crippen LogP contribution is 2.34. The molecule has 1 amide bonds. The monoisotopic (exact) mass is 478 g/mol. The molecule has 2 aliphatic heterocycles. The van der Waals surface area contributed by atoms with Gasteiger partial charge in [0.2, 0.25) is 0 Å². The Hall–Kier alpha value is -3.59. The van der Waals surface area contributed by atoms with Crippen molar-refractivity contribution >= 4 is 33.1 Å². The highest BCUT2D eigenvalue weighted by Gasteiger charge is 2.31. The van der Waals surface area contributed by atoms with E-state index in [1.165, 1.54) is 29.6 Å². The quantitative estimate of drug-likeness (QED) is 0.581. The smallest absolute Gasteiger partial charge is 0.264 e. The van der Waals surface area contributed by atoms with Crippen LogP contribution in [0.15, 0.2) is 65.7 Å². The third-order valence-electron chi connectivity index (χ3n) is 6.28. The van der Waals surface area contributed by atoms with Crippen molar-refractivity contribution in [1.29, 1.82) is 0 Å². The summed E-state index contributed by atoms with van der Waals surface area (Å²) in [6, 6.07) is 15.5. The van der Waals surface area contributed by atoms with Gasteiger partial charge in [-0.05, 0) is 61.2 Å². The highest BCUT2D eigenvalue weighted by molar-refractivity contribution is 7.92. The fourth-order valence-electron chi connectivity index (χ4n) is 4.50. The summed E-state index contributed by atoms with van der Waals surface area (Å²) in [7, 11) is -2.39. The Labute approximate surface area is 199 Å². The van der Waals surface area contributed by atoms with E-state index in [1.807, 2.05) is 24.3 Å².